The van der Waals surface area contributed by atoms with Gasteiger partial charge in [-0.15, -0.1) is 0 Å². The molecule has 1 fully saturated rings. The molecule has 1 aliphatic heterocycles. The number of pyridine rings is 1. The largest absolute Gasteiger partial charge is 0.380 e. The van der Waals surface area contributed by atoms with E-state index in [0.29, 0.717) is 6.04 Å². The summed E-state index contributed by atoms with van der Waals surface area (Å²) in [7, 11) is 0. The van der Waals surface area contributed by atoms with Gasteiger partial charge in [0.05, 0.1) is 12.3 Å². The Hall–Kier alpha value is -0.970. The number of nitrogens with zero attached hydrogens (tertiary/aromatic N) is 3. The number of aromatic nitrogens is 1. The molecule has 2 rings (SSSR count). The van der Waals surface area contributed by atoms with Gasteiger partial charge in [-0.25, -0.2) is 0 Å². The zero-order valence-corrected chi connectivity index (χ0v) is 12.1. The van der Waals surface area contributed by atoms with Gasteiger partial charge in [-0.1, -0.05) is 6.07 Å². The maximum Gasteiger partial charge on any atom is 0.0593 e. The van der Waals surface area contributed by atoms with Crippen LogP contribution in [0.25, 0.3) is 0 Å². The highest BCUT2D eigenvalue weighted by Crippen LogP contribution is 2.11. The van der Waals surface area contributed by atoms with Crippen LogP contribution < -0.4 is 0 Å². The third-order valence-electron chi connectivity index (χ3n) is 3.69. The lowest BCUT2D eigenvalue weighted by Gasteiger charge is -2.39. The van der Waals surface area contributed by atoms with Crippen molar-refractivity contribution < 1.29 is 4.74 Å². The summed E-state index contributed by atoms with van der Waals surface area (Å²) in [6.45, 7) is 11.4. The van der Waals surface area contributed by atoms with Gasteiger partial charge in [0.2, 0.25) is 0 Å². The molecule has 0 aliphatic carbocycles. The van der Waals surface area contributed by atoms with Crippen LogP contribution >= 0.6 is 0 Å². The first-order valence-corrected chi connectivity index (χ1v) is 7.23. The molecule has 1 atom stereocenters. The maximum absolute atomic E-state index is 5.44. The molecule has 2 heterocycles. The Bertz CT molecular complexity index is 358. The molecule has 0 spiro atoms. The first kappa shape index (κ1) is 14.4. The Morgan fingerprint density at radius 3 is 2.95 bits per heavy atom. The Morgan fingerprint density at radius 1 is 1.37 bits per heavy atom. The van der Waals surface area contributed by atoms with Crippen molar-refractivity contribution >= 4 is 0 Å². The summed E-state index contributed by atoms with van der Waals surface area (Å²) in [5.74, 6) is 0. The molecular formula is C15H25N3O. The summed E-state index contributed by atoms with van der Waals surface area (Å²) in [5.41, 5.74) is 1.16. The summed E-state index contributed by atoms with van der Waals surface area (Å²) in [6.07, 6.45) is 1.87. The second-order valence-corrected chi connectivity index (χ2v) is 5.14. The molecule has 0 bridgehead atoms. The second kappa shape index (κ2) is 7.58. The minimum absolute atomic E-state index is 0.595. The van der Waals surface area contributed by atoms with Crippen molar-refractivity contribution in [2.45, 2.75) is 26.4 Å². The van der Waals surface area contributed by atoms with E-state index in [9.17, 15) is 0 Å². The van der Waals surface area contributed by atoms with Gasteiger partial charge in [-0.05, 0) is 26.0 Å². The predicted molar refractivity (Wildman–Crippen MR) is 77.0 cm³/mol. The van der Waals surface area contributed by atoms with Crippen LogP contribution in [-0.2, 0) is 11.3 Å². The number of piperazine rings is 1. The fourth-order valence-electron chi connectivity index (χ4n) is 2.59. The van der Waals surface area contributed by atoms with Crippen molar-refractivity contribution in [1.29, 1.82) is 0 Å². The number of rotatable bonds is 6. The van der Waals surface area contributed by atoms with Crippen LogP contribution in [0.5, 0.6) is 0 Å². The molecular weight excluding hydrogens is 238 g/mol. The minimum atomic E-state index is 0.595. The lowest BCUT2D eigenvalue weighted by Crippen LogP contribution is -2.52. The van der Waals surface area contributed by atoms with Crippen molar-refractivity contribution in [3.05, 3.63) is 30.1 Å². The van der Waals surface area contributed by atoms with Crippen molar-refractivity contribution in [2.24, 2.45) is 0 Å². The zero-order chi connectivity index (χ0) is 13.5. The summed E-state index contributed by atoms with van der Waals surface area (Å²) in [5, 5.41) is 0. The number of ether oxygens (including phenoxy) is 1. The summed E-state index contributed by atoms with van der Waals surface area (Å²) >= 11 is 0. The normalized spacial score (nSPS) is 21.7. The summed E-state index contributed by atoms with van der Waals surface area (Å²) < 4.78 is 5.44. The Kier molecular flexibility index (Phi) is 5.76. The average molecular weight is 263 g/mol. The molecule has 0 aromatic carbocycles. The molecule has 1 unspecified atom stereocenters. The Labute approximate surface area is 116 Å². The van der Waals surface area contributed by atoms with Gasteiger partial charge in [0.1, 0.15) is 0 Å². The van der Waals surface area contributed by atoms with Gasteiger partial charge in [0.15, 0.2) is 0 Å². The summed E-state index contributed by atoms with van der Waals surface area (Å²) in [6, 6.07) is 6.73. The van der Waals surface area contributed by atoms with Gasteiger partial charge in [0, 0.05) is 51.6 Å². The van der Waals surface area contributed by atoms with Gasteiger partial charge in [0.25, 0.3) is 0 Å². The third kappa shape index (κ3) is 4.56. The molecule has 0 amide bonds. The van der Waals surface area contributed by atoms with Crippen molar-refractivity contribution in [1.82, 2.24) is 14.8 Å². The zero-order valence-electron chi connectivity index (χ0n) is 12.1. The number of hydrogen-bond acceptors (Lipinski definition) is 4. The fraction of sp³-hybridized carbons (Fsp3) is 0.667. The highest BCUT2D eigenvalue weighted by atomic mass is 16.5. The molecule has 1 aliphatic rings. The highest BCUT2D eigenvalue weighted by molar-refractivity contribution is 5.03. The van der Waals surface area contributed by atoms with Crippen LogP contribution in [0.4, 0.5) is 0 Å². The topological polar surface area (TPSA) is 28.6 Å². The van der Waals surface area contributed by atoms with E-state index < -0.39 is 0 Å². The van der Waals surface area contributed by atoms with Gasteiger partial charge >= 0.3 is 0 Å². The van der Waals surface area contributed by atoms with E-state index in [2.05, 4.69) is 33.8 Å². The molecule has 4 nitrogen and oxygen atoms in total. The predicted octanol–water partition coefficient (Wildman–Crippen LogP) is 1.62. The van der Waals surface area contributed by atoms with Crippen molar-refractivity contribution in [3.8, 4) is 0 Å². The van der Waals surface area contributed by atoms with Crippen molar-refractivity contribution in [3.63, 3.8) is 0 Å². The molecule has 19 heavy (non-hydrogen) atoms. The number of hydrogen-bond donors (Lipinski definition) is 0. The van der Waals surface area contributed by atoms with E-state index in [1.54, 1.807) is 0 Å². The second-order valence-electron chi connectivity index (χ2n) is 5.14. The van der Waals surface area contributed by atoms with E-state index in [1.165, 1.54) is 0 Å². The monoisotopic (exact) mass is 263 g/mol. The molecule has 106 valence electrons. The molecule has 4 heteroatoms. The van der Waals surface area contributed by atoms with E-state index in [1.807, 2.05) is 19.2 Å². The molecule has 1 aromatic heterocycles. The first-order chi connectivity index (χ1) is 9.29. The SMILES string of the molecule is CCOCCN1CCN(Cc2ccccn2)CC1C. The lowest BCUT2D eigenvalue weighted by atomic mass is 10.2. The minimum Gasteiger partial charge on any atom is -0.380 e. The quantitative estimate of drug-likeness (QED) is 0.729. The lowest BCUT2D eigenvalue weighted by molar-refractivity contribution is 0.0462. The van der Waals surface area contributed by atoms with Crippen LogP contribution in [-0.4, -0.2) is 60.2 Å². The molecule has 0 saturated carbocycles. The van der Waals surface area contributed by atoms with E-state index >= 15 is 0 Å². The van der Waals surface area contributed by atoms with E-state index in [4.69, 9.17) is 4.74 Å². The standard InChI is InChI=1S/C15H25N3O/c1-3-19-11-10-18-9-8-17(12-14(18)2)13-15-6-4-5-7-16-15/h4-7,14H,3,8-13H2,1-2H3. The fourth-order valence-corrected chi connectivity index (χ4v) is 2.59. The summed E-state index contributed by atoms with van der Waals surface area (Å²) in [4.78, 5) is 9.41. The van der Waals surface area contributed by atoms with Gasteiger partial charge < -0.3 is 4.74 Å². The first-order valence-electron chi connectivity index (χ1n) is 7.23. The molecule has 1 aromatic rings. The van der Waals surface area contributed by atoms with Crippen LogP contribution in [0, 0.1) is 0 Å². The van der Waals surface area contributed by atoms with Crippen LogP contribution in [0.2, 0.25) is 0 Å². The van der Waals surface area contributed by atoms with Gasteiger partial charge in [-0.3, -0.25) is 14.8 Å². The molecule has 1 saturated heterocycles. The smallest absolute Gasteiger partial charge is 0.0593 e. The van der Waals surface area contributed by atoms with Crippen LogP contribution in [0.3, 0.4) is 0 Å². The Balaban J connectivity index is 1.76. The van der Waals surface area contributed by atoms with Crippen LogP contribution in [0.15, 0.2) is 24.4 Å². The molecule has 0 N–H and O–H groups in total. The Morgan fingerprint density at radius 2 is 2.26 bits per heavy atom. The van der Waals surface area contributed by atoms with Crippen LogP contribution in [0.1, 0.15) is 19.5 Å². The molecule has 0 radical (unpaired) electrons. The van der Waals surface area contributed by atoms with E-state index in [-0.39, 0.29) is 0 Å². The average Bonchev–Trinajstić information content (AvgIpc) is 2.43. The highest BCUT2D eigenvalue weighted by Gasteiger charge is 2.23. The van der Waals surface area contributed by atoms with Gasteiger partial charge in [-0.2, -0.15) is 0 Å². The maximum atomic E-state index is 5.44. The third-order valence-corrected chi connectivity index (χ3v) is 3.69. The van der Waals surface area contributed by atoms with Crippen molar-refractivity contribution in [2.75, 3.05) is 39.4 Å². The van der Waals surface area contributed by atoms with E-state index in [0.717, 1.165) is 51.6 Å².